The number of nitrogens with one attached hydrogen (secondary N) is 2. The molecular weight excluding hydrogens is 350 g/mol. The third kappa shape index (κ3) is 4.28. The number of rotatable bonds is 5. The zero-order chi connectivity index (χ0) is 19.3. The topological polar surface area (TPSA) is 70.2 Å². The number of carbonyl (C=O) groups is 1. The van der Waals surface area contributed by atoms with Gasteiger partial charge >= 0.3 is 0 Å². The largest absolute Gasteiger partial charge is 0.372 e. The van der Waals surface area contributed by atoms with Crippen LogP contribution in [0.4, 0.5) is 23.0 Å². The van der Waals surface area contributed by atoms with Gasteiger partial charge in [0.15, 0.2) is 0 Å². The smallest absolute Gasteiger partial charge is 0.274 e. The lowest BCUT2D eigenvalue weighted by Crippen LogP contribution is -2.18. The Labute approximate surface area is 164 Å². The number of hydrogen-bond donors (Lipinski definition) is 2. The Morgan fingerprint density at radius 3 is 2.54 bits per heavy atom. The molecule has 1 amide bonds. The molecule has 28 heavy (non-hydrogen) atoms. The molecule has 2 aromatic carbocycles. The van der Waals surface area contributed by atoms with Crippen molar-refractivity contribution < 1.29 is 4.79 Å². The first-order valence-electron chi connectivity index (χ1n) is 9.50. The third-order valence-electron chi connectivity index (χ3n) is 4.76. The van der Waals surface area contributed by atoms with Crippen LogP contribution < -0.4 is 15.5 Å². The molecule has 3 aromatic rings. The summed E-state index contributed by atoms with van der Waals surface area (Å²) in [6.45, 7) is 4.22. The average molecular weight is 373 g/mol. The van der Waals surface area contributed by atoms with Gasteiger partial charge in [0.05, 0.1) is 0 Å². The van der Waals surface area contributed by atoms with Crippen LogP contribution >= 0.6 is 0 Å². The van der Waals surface area contributed by atoms with Gasteiger partial charge in [-0.1, -0.05) is 12.1 Å². The maximum atomic E-state index is 12.6. The van der Waals surface area contributed by atoms with Gasteiger partial charge in [0.2, 0.25) is 5.95 Å². The van der Waals surface area contributed by atoms with Gasteiger partial charge in [-0.2, -0.15) is 0 Å². The van der Waals surface area contributed by atoms with Crippen LogP contribution in [0.1, 0.15) is 28.9 Å². The standard InChI is InChI=1S/C22H23N5O/c1-16-5-4-6-18(15-16)25-22-23-12-11-20(26-22)21(28)24-17-7-9-19(10-8-17)27-13-2-3-14-27/h4-12,15H,2-3,13-14H2,1H3,(H,24,28)(H,23,25,26). The second kappa shape index (κ2) is 8.08. The predicted molar refractivity (Wildman–Crippen MR) is 112 cm³/mol. The van der Waals surface area contributed by atoms with Crippen molar-refractivity contribution in [3.05, 3.63) is 72.1 Å². The first-order valence-corrected chi connectivity index (χ1v) is 9.50. The van der Waals surface area contributed by atoms with E-state index in [-0.39, 0.29) is 5.91 Å². The Hall–Kier alpha value is -3.41. The number of carbonyl (C=O) groups excluding carboxylic acids is 1. The van der Waals surface area contributed by atoms with E-state index >= 15 is 0 Å². The fraction of sp³-hybridized carbons (Fsp3) is 0.227. The maximum Gasteiger partial charge on any atom is 0.274 e. The molecule has 0 atom stereocenters. The van der Waals surface area contributed by atoms with Crippen LogP contribution in [0.2, 0.25) is 0 Å². The molecule has 1 saturated heterocycles. The molecule has 1 aliphatic heterocycles. The molecule has 0 saturated carbocycles. The number of aromatic nitrogens is 2. The summed E-state index contributed by atoms with van der Waals surface area (Å²) < 4.78 is 0. The van der Waals surface area contributed by atoms with Crippen LogP contribution in [0.5, 0.6) is 0 Å². The SMILES string of the molecule is Cc1cccc(Nc2nccc(C(=O)Nc3ccc(N4CCCC4)cc3)n2)c1. The molecule has 0 spiro atoms. The van der Waals surface area contributed by atoms with E-state index in [1.807, 2.05) is 55.5 Å². The predicted octanol–water partition coefficient (Wildman–Crippen LogP) is 4.38. The minimum Gasteiger partial charge on any atom is -0.372 e. The molecule has 142 valence electrons. The number of hydrogen-bond acceptors (Lipinski definition) is 5. The quantitative estimate of drug-likeness (QED) is 0.694. The number of amides is 1. The van der Waals surface area contributed by atoms with Gasteiger partial charge in [0.25, 0.3) is 5.91 Å². The number of anilines is 4. The van der Waals surface area contributed by atoms with Gasteiger partial charge in [-0.3, -0.25) is 4.79 Å². The van der Waals surface area contributed by atoms with Gasteiger partial charge in [0, 0.05) is 36.3 Å². The van der Waals surface area contributed by atoms with Crippen LogP contribution in [0.15, 0.2) is 60.8 Å². The molecule has 0 radical (unpaired) electrons. The van der Waals surface area contributed by atoms with Gasteiger partial charge in [-0.05, 0) is 67.8 Å². The lowest BCUT2D eigenvalue weighted by Gasteiger charge is -2.17. The highest BCUT2D eigenvalue weighted by atomic mass is 16.1. The van der Waals surface area contributed by atoms with Crippen molar-refractivity contribution in [3.63, 3.8) is 0 Å². The second-order valence-corrected chi connectivity index (χ2v) is 6.96. The van der Waals surface area contributed by atoms with Crippen molar-refractivity contribution in [1.82, 2.24) is 9.97 Å². The van der Waals surface area contributed by atoms with Crippen molar-refractivity contribution in [2.45, 2.75) is 19.8 Å². The molecule has 1 fully saturated rings. The van der Waals surface area contributed by atoms with E-state index in [1.165, 1.54) is 18.5 Å². The zero-order valence-electron chi connectivity index (χ0n) is 15.9. The van der Waals surface area contributed by atoms with E-state index < -0.39 is 0 Å². The van der Waals surface area contributed by atoms with Gasteiger partial charge in [-0.15, -0.1) is 0 Å². The Morgan fingerprint density at radius 2 is 1.79 bits per heavy atom. The summed E-state index contributed by atoms with van der Waals surface area (Å²) in [5.74, 6) is 0.131. The molecule has 6 heteroatoms. The lowest BCUT2D eigenvalue weighted by molar-refractivity contribution is 0.102. The monoisotopic (exact) mass is 373 g/mol. The molecule has 0 aliphatic carbocycles. The summed E-state index contributed by atoms with van der Waals surface area (Å²) in [7, 11) is 0. The Balaban J connectivity index is 1.43. The van der Waals surface area contributed by atoms with Crippen LogP contribution in [0.25, 0.3) is 0 Å². The van der Waals surface area contributed by atoms with E-state index in [9.17, 15) is 4.79 Å². The molecule has 0 unspecified atom stereocenters. The summed E-state index contributed by atoms with van der Waals surface area (Å²) in [5.41, 5.74) is 4.28. The zero-order valence-corrected chi connectivity index (χ0v) is 15.9. The van der Waals surface area contributed by atoms with Crippen molar-refractivity contribution in [1.29, 1.82) is 0 Å². The molecular formula is C22H23N5O. The fourth-order valence-corrected chi connectivity index (χ4v) is 3.32. The van der Waals surface area contributed by atoms with E-state index in [0.29, 0.717) is 11.6 Å². The van der Waals surface area contributed by atoms with Crippen molar-refractivity contribution in [2.75, 3.05) is 28.6 Å². The van der Waals surface area contributed by atoms with E-state index in [0.717, 1.165) is 30.0 Å². The summed E-state index contributed by atoms with van der Waals surface area (Å²) in [6, 6.07) is 17.5. The summed E-state index contributed by atoms with van der Waals surface area (Å²) >= 11 is 0. The highest BCUT2D eigenvalue weighted by Crippen LogP contribution is 2.22. The molecule has 1 aromatic heterocycles. The van der Waals surface area contributed by atoms with Crippen LogP contribution in [-0.2, 0) is 0 Å². The number of nitrogens with zero attached hydrogens (tertiary/aromatic N) is 3. The normalized spacial score (nSPS) is 13.4. The fourth-order valence-electron chi connectivity index (χ4n) is 3.32. The van der Waals surface area contributed by atoms with E-state index in [1.54, 1.807) is 12.3 Å². The first kappa shape index (κ1) is 18.0. The Bertz CT molecular complexity index is 965. The van der Waals surface area contributed by atoms with E-state index in [4.69, 9.17) is 0 Å². The molecule has 0 bridgehead atoms. The van der Waals surface area contributed by atoms with Crippen LogP contribution in [-0.4, -0.2) is 29.0 Å². The summed E-state index contributed by atoms with van der Waals surface area (Å²) in [4.78, 5) is 23.5. The molecule has 6 nitrogen and oxygen atoms in total. The minimum absolute atomic E-state index is 0.261. The Kier molecular flexibility index (Phi) is 5.19. The van der Waals surface area contributed by atoms with Crippen LogP contribution in [0, 0.1) is 6.92 Å². The van der Waals surface area contributed by atoms with E-state index in [2.05, 4.69) is 25.5 Å². The molecule has 2 N–H and O–H groups in total. The van der Waals surface area contributed by atoms with Crippen molar-refractivity contribution in [2.24, 2.45) is 0 Å². The number of aryl methyl sites for hydroxylation is 1. The Morgan fingerprint density at radius 1 is 1.00 bits per heavy atom. The summed E-state index contributed by atoms with van der Waals surface area (Å²) in [6.07, 6.45) is 4.06. The molecule has 2 heterocycles. The van der Waals surface area contributed by atoms with Crippen molar-refractivity contribution in [3.8, 4) is 0 Å². The highest BCUT2D eigenvalue weighted by molar-refractivity contribution is 6.03. The maximum absolute atomic E-state index is 12.6. The minimum atomic E-state index is -0.261. The number of benzene rings is 2. The molecule has 1 aliphatic rings. The summed E-state index contributed by atoms with van der Waals surface area (Å²) in [5, 5.41) is 6.04. The lowest BCUT2D eigenvalue weighted by atomic mass is 10.2. The average Bonchev–Trinajstić information content (AvgIpc) is 3.24. The highest BCUT2D eigenvalue weighted by Gasteiger charge is 2.13. The second-order valence-electron chi connectivity index (χ2n) is 6.96. The third-order valence-corrected chi connectivity index (χ3v) is 4.76. The van der Waals surface area contributed by atoms with Gasteiger partial charge in [0.1, 0.15) is 5.69 Å². The van der Waals surface area contributed by atoms with Crippen LogP contribution in [0.3, 0.4) is 0 Å². The first-order chi connectivity index (χ1) is 13.7. The van der Waals surface area contributed by atoms with Crippen molar-refractivity contribution >= 4 is 28.9 Å². The van der Waals surface area contributed by atoms with Gasteiger partial charge < -0.3 is 15.5 Å². The molecule has 4 rings (SSSR count). The van der Waals surface area contributed by atoms with Gasteiger partial charge in [-0.25, -0.2) is 9.97 Å².